The van der Waals surface area contributed by atoms with Crippen LogP contribution in [0.3, 0.4) is 0 Å². The van der Waals surface area contributed by atoms with Gasteiger partial charge in [-0.25, -0.2) is 0 Å². The Hall–Kier alpha value is -1.31. The fourth-order valence-electron chi connectivity index (χ4n) is 2.72. The first-order chi connectivity index (χ1) is 8.20. The van der Waals surface area contributed by atoms with E-state index in [4.69, 9.17) is 5.11 Å². The third-order valence-corrected chi connectivity index (χ3v) is 3.76. The zero-order valence-corrected chi connectivity index (χ0v) is 10.4. The Bertz CT molecular complexity index is 409. The van der Waals surface area contributed by atoms with E-state index >= 15 is 0 Å². The van der Waals surface area contributed by atoms with Crippen molar-refractivity contribution in [2.75, 3.05) is 0 Å². The molecule has 0 aliphatic heterocycles. The summed E-state index contributed by atoms with van der Waals surface area (Å²) < 4.78 is 0. The van der Waals surface area contributed by atoms with Crippen LogP contribution < -0.4 is 0 Å². The molecule has 1 aliphatic carbocycles. The highest BCUT2D eigenvalue weighted by molar-refractivity contribution is 5.68. The summed E-state index contributed by atoms with van der Waals surface area (Å²) in [6.07, 6.45) is 6.04. The van der Waals surface area contributed by atoms with Gasteiger partial charge in [0.05, 0.1) is 6.42 Å². The summed E-state index contributed by atoms with van der Waals surface area (Å²) >= 11 is 0. The van der Waals surface area contributed by atoms with Crippen molar-refractivity contribution in [2.24, 2.45) is 0 Å². The number of benzene rings is 1. The number of carboxylic acid groups (broad SMARTS) is 1. The number of carbonyl (C=O) groups is 1. The molecule has 0 radical (unpaired) electrons. The van der Waals surface area contributed by atoms with E-state index in [1.54, 1.807) is 0 Å². The van der Waals surface area contributed by atoms with Crippen molar-refractivity contribution in [2.45, 2.75) is 51.4 Å². The number of aliphatic carboxylic acids is 1. The highest BCUT2D eigenvalue weighted by atomic mass is 16.4. The molecule has 1 aromatic carbocycles. The molecule has 1 aromatic rings. The van der Waals surface area contributed by atoms with Gasteiger partial charge in [-0.2, -0.15) is 0 Å². The molecule has 2 rings (SSSR count). The Kier molecular flexibility index (Phi) is 3.82. The third-order valence-electron chi connectivity index (χ3n) is 3.76. The first kappa shape index (κ1) is 12.2. The molecule has 1 unspecified atom stereocenters. The Morgan fingerprint density at radius 2 is 2.00 bits per heavy atom. The average molecular weight is 232 g/mol. The molecule has 0 saturated heterocycles. The lowest BCUT2D eigenvalue weighted by Crippen LogP contribution is -2.08. The van der Waals surface area contributed by atoms with E-state index in [-0.39, 0.29) is 12.3 Å². The molecule has 17 heavy (non-hydrogen) atoms. The first-order valence-corrected chi connectivity index (χ1v) is 6.54. The summed E-state index contributed by atoms with van der Waals surface area (Å²) in [7, 11) is 0. The zero-order valence-electron chi connectivity index (χ0n) is 10.4. The summed E-state index contributed by atoms with van der Waals surface area (Å²) in [4.78, 5) is 10.8. The minimum absolute atomic E-state index is 0.166. The largest absolute Gasteiger partial charge is 0.481 e. The molecule has 92 valence electrons. The van der Waals surface area contributed by atoms with E-state index in [0.29, 0.717) is 0 Å². The average Bonchev–Trinajstić information content (AvgIpc) is 2.35. The van der Waals surface area contributed by atoms with Crippen LogP contribution in [0.2, 0.25) is 0 Å². The predicted molar refractivity (Wildman–Crippen MR) is 68.4 cm³/mol. The maximum Gasteiger partial charge on any atom is 0.303 e. The van der Waals surface area contributed by atoms with E-state index in [9.17, 15) is 4.79 Å². The summed E-state index contributed by atoms with van der Waals surface area (Å²) in [6, 6.07) is 6.57. The van der Waals surface area contributed by atoms with Crippen LogP contribution in [0.15, 0.2) is 18.2 Å². The fraction of sp³-hybridized carbons (Fsp3) is 0.533. The Morgan fingerprint density at radius 3 is 2.65 bits per heavy atom. The van der Waals surface area contributed by atoms with Crippen LogP contribution in [0.4, 0.5) is 0 Å². The topological polar surface area (TPSA) is 37.3 Å². The molecule has 2 heteroatoms. The minimum Gasteiger partial charge on any atom is -0.481 e. The Balaban J connectivity index is 2.22. The fourth-order valence-corrected chi connectivity index (χ4v) is 2.72. The molecular weight excluding hydrogens is 212 g/mol. The number of rotatable bonds is 4. The van der Waals surface area contributed by atoms with Crippen molar-refractivity contribution in [3.05, 3.63) is 34.9 Å². The number of aryl methyl sites for hydroxylation is 2. The van der Waals surface area contributed by atoms with Gasteiger partial charge in [0, 0.05) is 0 Å². The van der Waals surface area contributed by atoms with Crippen molar-refractivity contribution in [3.8, 4) is 0 Å². The first-order valence-electron chi connectivity index (χ1n) is 6.54. The molecule has 0 amide bonds. The molecule has 0 bridgehead atoms. The summed E-state index contributed by atoms with van der Waals surface area (Å²) in [6.45, 7) is 2.06. The monoisotopic (exact) mass is 232 g/mol. The van der Waals surface area contributed by atoms with Gasteiger partial charge in [0.2, 0.25) is 0 Å². The number of carboxylic acids is 1. The van der Waals surface area contributed by atoms with Crippen LogP contribution in [-0.4, -0.2) is 11.1 Å². The lowest BCUT2D eigenvalue weighted by atomic mass is 9.86. The van der Waals surface area contributed by atoms with Gasteiger partial charge in [-0.1, -0.05) is 25.1 Å². The van der Waals surface area contributed by atoms with Crippen LogP contribution in [-0.2, 0) is 17.6 Å². The zero-order chi connectivity index (χ0) is 12.3. The molecule has 0 saturated carbocycles. The van der Waals surface area contributed by atoms with Crippen LogP contribution in [0.1, 0.15) is 55.2 Å². The molecule has 2 nitrogen and oxygen atoms in total. The van der Waals surface area contributed by atoms with Crippen LogP contribution in [0, 0.1) is 0 Å². The van der Waals surface area contributed by atoms with E-state index in [1.807, 2.05) is 0 Å². The van der Waals surface area contributed by atoms with Gasteiger partial charge in [-0.15, -0.1) is 0 Å². The lowest BCUT2D eigenvalue weighted by Gasteiger charge is -2.19. The maximum absolute atomic E-state index is 10.8. The lowest BCUT2D eigenvalue weighted by molar-refractivity contribution is -0.137. The molecule has 1 atom stereocenters. The Labute approximate surface area is 103 Å². The van der Waals surface area contributed by atoms with Gasteiger partial charge in [0.25, 0.3) is 0 Å². The summed E-state index contributed by atoms with van der Waals surface area (Å²) in [5.74, 6) is -0.533. The smallest absolute Gasteiger partial charge is 0.303 e. The second kappa shape index (κ2) is 5.35. The van der Waals surface area contributed by atoms with Gasteiger partial charge < -0.3 is 5.11 Å². The maximum atomic E-state index is 10.8. The van der Waals surface area contributed by atoms with Crippen molar-refractivity contribution in [1.29, 1.82) is 0 Å². The molecule has 0 spiro atoms. The second-order valence-corrected chi connectivity index (χ2v) is 4.94. The van der Waals surface area contributed by atoms with Crippen molar-refractivity contribution in [3.63, 3.8) is 0 Å². The van der Waals surface area contributed by atoms with Crippen LogP contribution >= 0.6 is 0 Å². The van der Waals surface area contributed by atoms with Crippen molar-refractivity contribution in [1.82, 2.24) is 0 Å². The molecule has 0 fully saturated rings. The van der Waals surface area contributed by atoms with Gasteiger partial charge >= 0.3 is 5.97 Å². The molecule has 1 N–H and O–H groups in total. The Morgan fingerprint density at radius 1 is 1.29 bits per heavy atom. The summed E-state index contributed by atoms with van der Waals surface area (Å²) in [5, 5.41) is 8.91. The minimum atomic E-state index is -0.699. The van der Waals surface area contributed by atoms with Crippen LogP contribution in [0.25, 0.3) is 0 Å². The van der Waals surface area contributed by atoms with E-state index < -0.39 is 5.97 Å². The highest BCUT2D eigenvalue weighted by Crippen LogP contribution is 2.28. The number of fused-ring (bicyclic) bond motifs is 1. The molecular formula is C15H20O2. The second-order valence-electron chi connectivity index (χ2n) is 4.94. The quantitative estimate of drug-likeness (QED) is 0.862. The predicted octanol–water partition coefficient (Wildman–Crippen LogP) is 3.53. The van der Waals surface area contributed by atoms with E-state index in [2.05, 4.69) is 25.1 Å². The number of hydrogen-bond donors (Lipinski definition) is 1. The van der Waals surface area contributed by atoms with Gasteiger partial charge in [-0.05, 0) is 54.7 Å². The normalized spacial score (nSPS) is 16.3. The van der Waals surface area contributed by atoms with E-state index in [0.717, 1.165) is 12.8 Å². The highest BCUT2D eigenvalue weighted by Gasteiger charge is 2.16. The molecule has 1 aliphatic rings. The van der Waals surface area contributed by atoms with Gasteiger partial charge in [0.15, 0.2) is 0 Å². The van der Waals surface area contributed by atoms with Crippen molar-refractivity contribution < 1.29 is 9.90 Å². The third kappa shape index (κ3) is 2.87. The van der Waals surface area contributed by atoms with E-state index in [1.165, 1.54) is 36.0 Å². The SMILES string of the molecule is CCC(CC(=O)O)c1ccc2c(c1)CCCC2. The number of hydrogen-bond acceptors (Lipinski definition) is 1. The molecule has 0 aromatic heterocycles. The van der Waals surface area contributed by atoms with Crippen molar-refractivity contribution >= 4 is 5.97 Å². The standard InChI is InChI=1S/C15H20O2/c1-2-11(10-15(16)17)14-8-7-12-5-3-4-6-13(12)9-14/h7-9,11H,2-6,10H2,1H3,(H,16,17). The van der Waals surface area contributed by atoms with Gasteiger partial charge in [0.1, 0.15) is 0 Å². The summed E-state index contributed by atoms with van der Waals surface area (Å²) in [5.41, 5.74) is 4.11. The van der Waals surface area contributed by atoms with Crippen LogP contribution in [0.5, 0.6) is 0 Å². The molecule has 0 heterocycles. The van der Waals surface area contributed by atoms with Gasteiger partial charge in [-0.3, -0.25) is 4.79 Å².